The number of ether oxygens (including phenoxy) is 1. The van der Waals surface area contributed by atoms with Crippen molar-refractivity contribution in [2.75, 3.05) is 6.67 Å². The Bertz CT molecular complexity index is 214. The van der Waals surface area contributed by atoms with Crippen LogP contribution >= 0.6 is 0 Å². The minimum absolute atomic E-state index is 2.41. The summed E-state index contributed by atoms with van der Waals surface area (Å²) in [6, 6.07) is 0. The van der Waals surface area contributed by atoms with Crippen LogP contribution in [0.15, 0.2) is 0 Å². The zero-order chi connectivity index (χ0) is 10.6. The summed E-state index contributed by atoms with van der Waals surface area (Å²) >= 11 is 0. The van der Waals surface area contributed by atoms with Gasteiger partial charge in [-0.05, 0) is 0 Å². The Labute approximate surface area is 68.5 Å². The molecule has 0 heterocycles. The van der Waals surface area contributed by atoms with Crippen LogP contribution in [0.5, 0.6) is 0 Å². The van der Waals surface area contributed by atoms with E-state index in [9.17, 15) is 31.5 Å². The van der Waals surface area contributed by atoms with E-state index in [2.05, 4.69) is 4.74 Å². The lowest BCUT2D eigenvalue weighted by molar-refractivity contribution is -0.185. The molecule has 0 rings (SSSR count). The number of halogens is 5. The first-order chi connectivity index (χ1) is 5.81. The number of hydrogen-bond donors (Lipinski definition) is 0. The molecule has 0 unspecified atom stereocenters. The number of carbonyl (C=O) groups excluding carboxylic acids is 2. The van der Waals surface area contributed by atoms with Gasteiger partial charge in [0, 0.05) is 0 Å². The molecule has 0 aliphatic heterocycles. The largest absolute Gasteiger partial charge is 0.387 e. The predicted molar refractivity (Wildman–Crippen MR) is 28.0 cm³/mol. The lowest BCUT2D eigenvalue weighted by Crippen LogP contribution is -2.35. The number of carbonyl (C=O) groups is 2. The first-order valence-electron chi connectivity index (χ1n) is 2.79. The molecule has 3 nitrogen and oxygen atoms in total. The number of esters is 2. The summed E-state index contributed by atoms with van der Waals surface area (Å²) in [5.41, 5.74) is 0. The molecular weight excluding hydrogens is 203 g/mol. The second kappa shape index (κ2) is 4.15. The number of alkyl halides is 5. The van der Waals surface area contributed by atoms with E-state index in [4.69, 9.17) is 0 Å². The highest BCUT2D eigenvalue weighted by Crippen LogP contribution is 2.16. The van der Waals surface area contributed by atoms with E-state index in [0.717, 1.165) is 0 Å². The average molecular weight is 206 g/mol. The molecule has 0 saturated carbocycles. The highest BCUT2D eigenvalue weighted by atomic mass is 19.3. The highest BCUT2D eigenvalue weighted by molar-refractivity contribution is 5.90. The van der Waals surface area contributed by atoms with Crippen LogP contribution in [0.2, 0.25) is 0 Å². The first-order valence-corrected chi connectivity index (χ1v) is 2.79. The standard InChI is InChI=1S/C5H3F5O3/c6-1-5(9,10)4(12)13-3(11)2(7)8/h2H,1H2. The summed E-state index contributed by atoms with van der Waals surface area (Å²) in [6.07, 6.45) is -3.71. The van der Waals surface area contributed by atoms with Gasteiger partial charge >= 0.3 is 24.3 Å². The van der Waals surface area contributed by atoms with Crippen molar-refractivity contribution in [3.8, 4) is 0 Å². The maximum atomic E-state index is 11.9. The van der Waals surface area contributed by atoms with Crippen molar-refractivity contribution in [3.63, 3.8) is 0 Å². The summed E-state index contributed by atoms with van der Waals surface area (Å²) in [5.74, 6) is -9.62. The minimum Gasteiger partial charge on any atom is -0.384 e. The second-order valence-electron chi connectivity index (χ2n) is 1.85. The van der Waals surface area contributed by atoms with E-state index >= 15 is 0 Å². The van der Waals surface area contributed by atoms with Crippen molar-refractivity contribution in [1.82, 2.24) is 0 Å². The molecule has 0 aliphatic rings. The molecule has 0 N–H and O–H groups in total. The van der Waals surface area contributed by atoms with Crippen molar-refractivity contribution in [2.45, 2.75) is 12.3 Å². The molecule has 0 aromatic heterocycles. The Hall–Kier alpha value is -1.21. The van der Waals surface area contributed by atoms with E-state index < -0.39 is 31.0 Å². The molecule has 0 aliphatic carbocycles. The molecule has 0 spiro atoms. The summed E-state index contributed by atoms with van der Waals surface area (Å²) in [7, 11) is 0. The maximum Gasteiger partial charge on any atom is 0.387 e. The van der Waals surface area contributed by atoms with Crippen molar-refractivity contribution < 1.29 is 36.3 Å². The van der Waals surface area contributed by atoms with Crippen LogP contribution in [0.4, 0.5) is 22.0 Å². The van der Waals surface area contributed by atoms with Crippen LogP contribution in [0, 0.1) is 0 Å². The average Bonchev–Trinajstić information content (AvgIpc) is 2.04. The van der Waals surface area contributed by atoms with Crippen LogP contribution in [0.3, 0.4) is 0 Å². The monoisotopic (exact) mass is 206 g/mol. The zero-order valence-corrected chi connectivity index (χ0v) is 5.90. The third kappa shape index (κ3) is 3.34. The van der Waals surface area contributed by atoms with E-state index in [1.165, 1.54) is 0 Å². The first kappa shape index (κ1) is 11.8. The van der Waals surface area contributed by atoms with Crippen LogP contribution in [-0.2, 0) is 14.3 Å². The maximum absolute atomic E-state index is 11.9. The van der Waals surface area contributed by atoms with E-state index in [1.807, 2.05) is 0 Å². The molecule has 8 heteroatoms. The molecule has 0 bridgehead atoms. The van der Waals surface area contributed by atoms with Gasteiger partial charge in [-0.3, -0.25) is 0 Å². The van der Waals surface area contributed by atoms with Crippen LogP contribution < -0.4 is 0 Å². The van der Waals surface area contributed by atoms with Gasteiger partial charge < -0.3 is 4.74 Å². The third-order valence-corrected chi connectivity index (χ3v) is 0.838. The van der Waals surface area contributed by atoms with Crippen LogP contribution in [0.25, 0.3) is 0 Å². The lowest BCUT2D eigenvalue weighted by Gasteiger charge is -2.09. The molecule has 0 aromatic rings. The molecule has 0 aromatic carbocycles. The van der Waals surface area contributed by atoms with Gasteiger partial charge in [-0.25, -0.2) is 14.0 Å². The van der Waals surface area contributed by atoms with E-state index in [-0.39, 0.29) is 0 Å². The SMILES string of the molecule is O=C(OC(=O)C(F)(F)CF)C(F)F. The van der Waals surface area contributed by atoms with Crippen molar-refractivity contribution in [2.24, 2.45) is 0 Å². The van der Waals surface area contributed by atoms with Crippen molar-refractivity contribution in [3.05, 3.63) is 0 Å². The molecular formula is C5H3F5O3. The lowest BCUT2D eigenvalue weighted by atomic mass is 10.4. The topological polar surface area (TPSA) is 43.4 Å². The minimum atomic E-state index is -4.56. The summed E-state index contributed by atoms with van der Waals surface area (Å²) in [5, 5.41) is 0. The summed E-state index contributed by atoms with van der Waals surface area (Å²) in [4.78, 5) is 19.9. The second-order valence-corrected chi connectivity index (χ2v) is 1.85. The molecule has 0 atom stereocenters. The van der Waals surface area contributed by atoms with Crippen molar-refractivity contribution in [1.29, 1.82) is 0 Å². The third-order valence-electron chi connectivity index (χ3n) is 0.838. The summed E-state index contributed by atoms with van der Waals surface area (Å²) < 4.78 is 60.8. The van der Waals surface area contributed by atoms with Crippen LogP contribution in [-0.4, -0.2) is 31.0 Å². The van der Waals surface area contributed by atoms with Gasteiger partial charge in [-0.1, -0.05) is 0 Å². The Morgan fingerprint density at radius 2 is 1.77 bits per heavy atom. The van der Waals surface area contributed by atoms with Gasteiger partial charge in [-0.15, -0.1) is 0 Å². The number of hydrogen-bond acceptors (Lipinski definition) is 3. The van der Waals surface area contributed by atoms with Gasteiger partial charge in [0.25, 0.3) is 0 Å². The Balaban J connectivity index is 4.24. The molecule has 0 fully saturated rings. The molecule has 0 radical (unpaired) electrons. The van der Waals surface area contributed by atoms with Crippen LogP contribution in [0.1, 0.15) is 0 Å². The quantitative estimate of drug-likeness (QED) is 0.392. The Morgan fingerprint density at radius 3 is 2.08 bits per heavy atom. The summed E-state index contributed by atoms with van der Waals surface area (Å²) in [6.45, 7) is -2.41. The smallest absolute Gasteiger partial charge is 0.384 e. The fraction of sp³-hybridized carbons (Fsp3) is 0.600. The molecule has 0 saturated heterocycles. The van der Waals surface area contributed by atoms with Gasteiger partial charge in [0.1, 0.15) is 0 Å². The van der Waals surface area contributed by atoms with Crippen molar-refractivity contribution >= 4 is 11.9 Å². The van der Waals surface area contributed by atoms with Gasteiger partial charge in [-0.2, -0.15) is 17.6 Å². The number of rotatable bonds is 3. The molecule has 0 amide bonds. The van der Waals surface area contributed by atoms with Gasteiger partial charge in [0.2, 0.25) is 0 Å². The van der Waals surface area contributed by atoms with Gasteiger partial charge in [0.05, 0.1) is 0 Å². The molecule has 76 valence electrons. The van der Waals surface area contributed by atoms with E-state index in [0.29, 0.717) is 0 Å². The molecule has 13 heavy (non-hydrogen) atoms. The normalized spacial score (nSPS) is 11.5. The zero-order valence-electron chi connectivity index (χ0n) is 5.90. The van der Waals surface area contributed by atoms with Gasteiger partial charge in [0.15, 0.2) is 6.67 Å². The Morgan fingerprint density at radius 1 is 1.31 bits per heavy atom. The van der Waals surface area contributed by atoms with E-state index in [1.54, 1.807) is 0 Å². The predicted octanol–water partition coefficient (Wildman–Crippen LogP) is 0.926. The highest BCUT2D eigenvalue weighted by Gasteiger charge is 2.43. The fourth-order valence-electron chi connectivity index (χ4n) is 0.265. The fourth-order valence-corrected chi connectivity index (χ4v) is 0.265. The Kier molecular flexibility index (Phi) is 3.76.